The third kappa shape index (κ3) is 3.91. The highest BCUT2D eigenvalue weighted by atomic mass is 35.5. The van der Waals surface area contributed by atoms with Crippen LogP contribution in [0, 0.1) is 13.8 Å². The van der Waals surface area contributed by atoms with E-state index in [1.807, 2.05) is 26.0 Å². The molecule has 0 amide bonds. The molecule has 1 aromatic carbocycles. The van der Waals surface area contributed by atoms with Crippen molar-refractivity contribution in [1.29, 1.82) is 0 Å². The van der Waals surface area contributed by atoms with E-state index < -0.39 is 12.0 Å². The number of aryl methyl sites for hydroxylation is 2. The Labute approximate surface area is 106 Å². The molecule has 17 heavy (non-hydrogen) atoms. The molecular weight excluding hydrogens is 240 g/mol. The van der Waals surface area contributed by atoms with Gasteiger partial charge in [0.05, 0.1) is 10.7 Å². The molecule has 0 saturated heterocycles. The minimum atomic E-state index is -0.987. The van der Waals surface area contributed by atoms with Gasteiger partial charge in [-0.25, -0.2) is 0 Å². The van der Waals surface area contributed by atoms with Crippen LogP contribution in [0.15, 0.2) is 12.1 Å². The molecule has 0 aliphatic heterocycles. The molecule has 0 aromatic heterocycles. The molecule has 0 aliphatic carbocycles. The number of halogens is 1. The summed E-state index contributed by atoms with van der Waals surface area (Å²) < 4.78 is 0. The lowest BCUT2D eigenvalue weighted by Gasteiger charge is -2.13. The molecule has 0 radical (unpaired) electrons. The number of nitrogens with one attached hydrogen (secondary N) is 1. The number of anilines is 1. The van der Waals surface area contributed by atoms with Crippen LogP contribution in [0.1, 0.15) is 17.5 Å². The predicted octanol–water partition coefficient (Wildman–Crippen LogP) is 2.17. The molecule has 0 saturated carbocycles. The maximum Gasteiger partial charge on any atom is 0.320 e. The molecule has 0 spiro atoms. The van der Waals surface area contributed by atoms with Crippen LogP contribution in [0.2, 0.25) is 5.02 Å². The predicted molar refractivity (Wildman–Crippen MR) is 69.6 cm³/mol. The summed E-state index contributed by atoms with van der Waals surface area (Å²) in [4.78, 5) is 10.5. The summed E-state index contributed by atoms with van der Waals surface area (Å²) in [6.45, 7) is 4.42. The fraction of sp³-hybridized carbons (Fsp3) is 0.417. The van der Waals surface area contributed by atoms with Gasteiger partial charge in [-0.15, -0.1) is 0 Å². The fourth-order valence-corrected chi connectivity index (χ4v) is 2.00. The molecule has 1 atom stereocenters. The van der Waals surface area contributed by atoms with Crippen molar-refractivity contribution in [3.05, 3.63) is 28.3 Å². The number of carbonyl (C=O) groups is 1. The van der Waals surface area contributed by atoms with Gasteiger partial charge in [0.25, 0.3) is 0 Å². The zero-order chi connectivity index (χ0) is 13.0. The monoisotopic (exact) mass is 256 g/mol. The van der Waals surface area contributed by atoms with Crippen molar-refractivity contribution in [3.8, 4) is 0 Å². The second kappa shape index (κ2) is 5.89. The number of hydrogen-bond donors (Lipinski definition) is 3. The van der Waals surface area contributed by atoms with E-state index in [0.717, 1.165) is 16.8 Å². The summed E-state index contributed by atoms with van der Waals surface area (Å²) in [7, 11) is 0. The van der Waals surface area contributed by atoms with Gasteiger partial charge >= 0.3 is 5.97 Å². The number of aliphatic carboxylic acids is 1. The first kappa shape index (κ1) is 13.8. The van der Waals surface area contributed by atoms with Crippen molar-refractivity contribution < 1.29 is 9.90 Å². The summed E-state index contributed by atoms with van der Waals surface area (Å²) in [5, 5.41) is 12.4. The van der Waals surface area contributed by atoms with Crippen LogP contribution in [0.25, 0.3) is 0 Å². The van der Waals surface area contributed by atoms with E-state index in [9.17, 15) is 4.79 Å². The van der Waals surface area contributed by atoms with E-state index in [2.05, 4.69) is 5.32 Å². The second-order valence-electron chi connectivity index (χ2n) is 4.10. The SMILES string of the molecule is Cc1cc(C)c(NCCC(N)C(=O)O)c(Cl)c1. The van der Waals surface area contributed by atoms with Gasteiger partial charge in [0, 0.05) is 6.54 Å². The lowest BCUT2D eigenvalue weighted by atomic mass is 10.1. The number of nitrogens with two attached hydrogens (primary N) is 1. The molecule has 4 nitrogen and oxygen atoms in total. The van der Waals surface area contributed by atoms with Crippen LogP contribution >= 0.6 is 11.6 Å². The van der Waals surface area contributed by atoms with Crippen molar-refractivity contribution in [2.24, 2.45) is 5.73 Å². The summed E-state index contributed by atoms with van der Waals surface area (Å²) in [5.74, 6) is -0.987. The number of rotatable bonds is 5. The van der Waals surface area contributed by atoms with Gasteiger partial charge in [0.2, 0.25) is 0 Å². The smallest absolute Gasteiger partial charge is 0.320 e. The highest BCUT2D eigenvalue weighted by Gasteiger charge is 2.11. The molecule has 1 unspecified atom stereocenters. The topological polar surface area (TPSA) is 75.3 Å². The van der Waals surface area contributed by atoms with Gasteiger partial charge in [-0.1, -0.05) is 17.7 Å². The minimum Gasteiger partial charge on any atom is -0.480 e. The third-order valence-corrected chi connectivity index (χ3v) is 2.80. The van der Waals surface area contributed by atoms with E-state index in [1.54, 1.807) is 0 Å². The Hall–Kier alpha value is -1.26. The Kier molecular flexibility index (Phi) is 4.78. The molecule has 0 bridgehead atoms. The van der Waals surface area contributed by atoms with Crippen molar-refractivity contribution in [2.45, 2.75) is 26.3 Å². The van der Waals surface area contributed by atoms with Crippen LogP contribution < -0.4 is 11.1 Å². The van der Waals surface area contributed by atoms with E-state index >= 15 is 0 Å². The number of carboxylic acid groups (broad SMARTS) is 1. The van der Waals surface area contributed by atoms with E-state index in [4.69, 9.17) is 22.4 Å². The lowest BCUT2D eigenvalue weighted by Crippen LogP contribution is -2.32. The van der Waals surface area contributed by atoms with Gasteiger partial charge in [0.1, 0.15) is 6.04 Å². The Morgan fingerprint density at radius 3 is 2.71 bits per heavy atom. The molecule has 0 aliphatic rings. The van der Waals surface area contributed by atoms with Crippen LogP contribution in [0.3, 0.4) is 0 Å². The van der Waals surface area contributed by atoms with Crippen molar-refractivity contribution in [1.82, 2.24) is 0 Å². The average Bonchev–Trinajstić information content (AvgIpc) is 2.21. The summed E-state index contributed by atoms with van der Waals surface area (Å²) >= 11 is 6.10. The molecule has 1 aromatic rings. The third-order valence-electron chi connectivity index (χ3n) is 2.51. The normalized spacial score (nSPS) is 12.2. The zero-order valence-electron chi connectivity index (χ0n) is 9.96. The van der Waals surface area contributed by atoms with Crippen LogP contribution in [-0.4, -0.2) is 23.7 Å². The van der Waals surface area contributed by atoms with Gasteiger partial charge in [0.15, 0.2) is 0 Å². The van der Waals surface area contributed by atoms with Crippen LogP contribution in [0.4, 0.5) is 5.69 Å². The van der Waals surface area contributed by atoms with E-state index in [0.29, 0.717) is 18.0 Å². The summed E-state index contributed by atoms with van der Waals surface area (Å²) in [5.41, 5.74) is 8.39. The van der Waals surface area contributed by atoms with Gasteiger partial charge in [-0.3, -0.25) is 4.79 Å². The number of hydrogen-bond acceptors (Lipinski definition) is 3. The Morgan fingerprint density at radius 1 is 1.53 bits per heavy atom. The zero-order valence-corrected chi connectivity index (χ0v) is 10.7. The van der Waals surface area contributed by atoms with Gasteiger partial charge in [-0.2, -0.15) is 0 Å². The molecule has 1 rings (SSSR count). The first-order valence-electron chi connectivity index (χ1n) is 5.41. The summed E-state index contributed by atoms with van der Waals surface area (Å²) in [6.07, 6.45) is 0.360. The largest absolute Gasteiger partial charge is 0.480 e. The average molecular weight is 257 g/mol. The summed E-state index contributed by atoms with van der Waals surface area (Å²) in [6, 6.07) is 3.05. The van der Waals surface area contributed by atoms with Crippen molar-refractivity contribution >= 4 is 23.3 Å². The van der Waals surface area contributed by atoms with Crippen molar-refractivity contribution in [2.75, 3.05) is 11.9 Å². The fourth-order valence-electron chi connectivity index (χ4n) is 1.62. The Balaban J connectivity index is 2.61. The first-order valence-corrected chi connectivity index (χ1v) is 5.78. The standard InChI is InChI=1S/C12H17ClN2O2/c1-7-5-8(2)11(9(13)6-7)15-4-3-10(14)12(16)17/h5-6,10,15H,3-4,14H2,1-2H3,(H,16,17). The second-order valence-corrected chi connectivity index (χ2v) is 4.51. The van der Waals surface area contributed by atoms with Crippen molar-refractivity contribution in [3.63, 3.8) is 0 Å². The Morgan fingerprint density at radius 2 is 2.18 bits per heavy atom. The number of carboxylic acids is 1. The molecular formula is C12H17ClN2O2. The highest BCUT2D eigenvalue weighted by Crippen LogP contribution is 2.27. The van der Waals surface area contributed by atoms with Crippen LogP contribution in [-0.2, 0) is 4.79 Å². The van der Waals surface area contributed by atoms with E-state index in [-0.39, 0.29) is 0 Å². The molecule has 4 N–H and O–H groups in total. The maximum absolute atomic E-state index is 10.5. The first-order chi connectivity index (χ1) is 7.91. The molecule has 5 heteroatoms. The van der Waals surface area contributed by atoms with Gasteiger partial charge in [-0.05, 0) is 37.5 Å². The quantitative estimate of drug-likeness (QED) is 0.755. The van der Waals surface area contributed by atoms with Gasteiger partial charge < -0.3 is 16.2 Å². The molecule has 0 fully saturated rings. The highest BCUT2D eigenvalue weighted by molar-refractivity contribution is 6.33. The van der Waals surface area contributed by atoms with E-state index in [1.165, 1.54) is 0 Å². The van der Waals surface area contributed by atoms with Crippen LogP contribution in [0.5, 0.6) is 0 Å². The number of benzene rings is 1. The lowest BCUT2D eigenvalue weighted by molar-refractivity contribution is -0.138. The molecule has 94 valence electrons. The molecule has 0 heterocycles. The maximum atomic E-state index is 10.5. The minimum absolute atomic E-state index is 0.360. The Bertz CT molecular complexity index is 398.